The van der Waals surface area contributed by atoms with Crippen molar-refractivity contribution in [1.29, 1.82) is 0 Å². The number of nitrogens with two attached hydrogens (primary N) is 1. The topological polar surface area (TPSA) is 134 Å². The minimum atomic E-state index is -0.794. The van der Waals surface area contributed by atoms with Gasteiger partial charge in [0.05, 0.1) is 12.6 Å². The highest BCUT2D eigenvalue weighted by molar-refractivity contribution is 5.99. The number of hydroxylamine groups is 2. The third kappa shape index (κ3) is 5.65. The van der Waals surface area contributed by atoms with Gasteiger partial charge in [0.1, 0.15) is 12.1 Å². The van der Waals surface area contributed by atoms with Crippen molar-refractivity contribution < 1.29 is 24.0 Å². The second kappa shape index (κ2) is 10.8. The lowest BCUT2D eigenvalue weighted by Crippen LogP contribution is -2.52. The van der Waals surface area contributed by atoms with Crippen LogP contribution in [0.15, 0.2) is 54.6 Å². The summed E-state index contributed by atoms with van der Waals surface area (Å²) in [5.41, 5.74) is 7.20. The first-order chi connectivity index (χ1) is 17.2. The van der Waals surface area contributed by atoms with Gasteiger partial charge in [-0.3, -0.25) is 19.7 Å². The van der Waals surface area contributed by atoms with Crippen molar-refractivity contribution in [2.24, 2.45) is 5.92 Å². The number of likely N-dealkylation sites (tertiary alicyclic amines) is 1. The molecule has 0 spiro atoms. The molecule has 2 aromatic rings. The van der Waals surface area contributed by atoms with Crippen molar-refractivity contribution in [3.05, 3.63) is 60.2 Å². The fourth-order valence-electron chi connectivity index (χ4n) is 4.72. The molecule has 0 aliphatic carbocycles. The van der Waals surface area contributed by atoms with E-state index >= 15 is 0 Å². The maximum atomic E-state index is 13.6. The molecule has 0 saturated carbocycles. The smallest absolute Gasteiger partial charge is 0.399 e. The summed E-state index contributed by atoms with van der Waals surface area (Å²) >= 11 is 0. The van der Waals surface area contributed by atoms with Crippen LogP contribution in [-0.2, 0) is 14.4 Å². The van der Waals surface area contributed by atoms with Gasteiger partial charge in [-0.05, 0) is 55.2 Å². The Morgan fingerprint density at radius 1 is 1.08 bits per heavy atom. The lowest BCUT2D eigenvalue weighted by molar-refractivity contribution is -0.138. The molecule has 0 bridgehead atoms. The maximum Gasteiger partial charge on any atom is 0.430 e. The molecule has 3 amide bonds. The average Bonchev–Trinajstić information content (AvgIpc) is 3.40. The number of nitrogens with zero attached hydrogens (tertiary/aromatic N) is 2. The summed E-state index contributed by atoms with van der Waals surface area (Å²) in [6.07, 6.45) is 0.190. The van der Waals surface area contributed by atoms with E-state index < -0.39 is 24.2 Å². The molecule has 36 heavy (non-hydrogen) atoms. The number of rotatable bonds is 7. The SMILES string of the molecule is CC(C)CC(NC(=O)c1ccc(N)cc1)C(=O)N1CCC2C1C(=O)CN2OC(=O)Nc1ccccc1. The number of amides is 3. The van der Waals surface area contributed by atoms with Gasteiger partial charge >= 0.3 is 6.09 Å². The van der Waals surface area contributed by atoms with Crippen LogP contribution in [0.4, 0.5) is 16.2 Å². The Balaban J connectivity index is 1.43. The Bertz CT molecular complexity index is 1120. The van der Waals surface area contributed by atoms with Crippen molar-refractivity contribution in [3.63, 3.8) is 0 Å². The van der Waals surface area contributed by atoms with Crippen molar-refractivity contribution in [2.75, 3.05) is 24.1 Å². The molecule has 2 aliphatic heterocycles. The first kappa shape index (κ1) is 25.2. The number of hydrogen-bond acceptors (Lipinski definition) is 7. The number of hydrogen-bond donors (Lipinski definition) is 3. The van der Waals surface area contributed by atoms with Gasteiger partial charge in [0.2, 0.25) is 5.91 Å². The monoisotopic (exact) mass is 493 g/mol. The average molecular weight is 494 g/mol. The number of benzene rings is 2. The maximum absolute atomic E-state index is 13.6. The number of carbonyl (C=O) groups is 4. The molecule has 4 N–H and O–H groups in total. The van der Waals surface area contributed by atoms with E-state index in [0.717, 1.165) is 0 Å². The van der Waals surface area contributed by atoms with Gasteiger partial charge in [-0.1, -0.05) is 32.0 Å². The van der Waals surface area contributed by atoms with Crippen LogP contribution in [0.1, 0.15) is 37.0 Å². The van der Waals surface area contributed by atoms with Crippen LogP contribution in [0.5, 0.6) is 0 Å². The first-order valence-electron chi connectivity index (χ1n) is 12.0. The molecule has 2 aromatic carbocycles. The summed E-state index contributed by atoms with van der Waals surface area (Å²) in [4.78, 5) is 58.6. The molecule has 2 fully saturated rings. The van der Waals surface area contributed by atoms with E-state index in [9.17, 15) is 19.2 Å². The lowest BCUT2D eigenvalue weighted by Gasteiger charge is -2.29. The fourth-order valence-corrected chi connectivity index (χ4v) is 4.72. The minimum Gasteiger partial charge on any atom is -0.399 e. The number of nitrogens with one attached hydrogen (secondary N) is 2. The quantitative estimate of drug-likeness (QED) is 0.504. The number of Topliss-reactive ketones (excluding diaryl/α,β-unsaturated/α-hetero) is 1. The largest absolute Gasteiger partial charge is 0.430 e. The second-order valence-electron chi connectivity index (χ2n) is 9.52. The van der Waals surface area contributed by atoms with E-state index in [0.29, 0.717) is 36.3 Å². The zero-order valence-electron chi connectivity index (χ0n) is 20.3. The molecule has 2 aliphatic rings. The number of ketones is 1. The molecule has 10 heteroatoms. The normalized spacial score (nSPS) is 20.2. The molecule has 10 nitrogen and oxygen atoms in total. The molecule has 2 saturated heterocycles. The standard InChI is InChI=1S/C26H31N5O5/c1-16(2)14-20(29-24(33)17-8-10-18(27)11-9-17)25(34)30-13-12-21-23(30)22(32)15-31(21)36-26(35)28-19-6-4-3-5-7-19/h3-11,16,20-21,23H,12-15,27H2,1-2H3,(H,28,35)(H,29,33). The van der Waals surface area contributed by atoms with E-state index in [4.69, 9.17) is 10.6 Å². The molecule has 4 rings (SSSR count). The third-order valence-corrected chi connectivity index (χ3v) is 6.36. The van der Waals surface area contributed by atoms with Gasteiger partial charge in [-0.15, -0.1) is 5.06 Å². The number of fused-ring (bicyclic) bond motifs is 1. The minimum absolute atomic E-state index is 0.103. The number of carbonyl (C=O) groups excluding carboxylic acids is 4. The van der Waals surface area contributed by atoms with Gasteiger partial charge in [-0.25, -0.2) is 4.79 Å². The molecule has 190 valence electrons. The molecule has 3 atom stereocenters. The highest BCUT2D eigenvalue weighted by Gasteiger charge is 2.52. The van der Waals surface area contributed by atoms with Gasteiger partial charge < -0.3 is 20.8 Å². The van der Waals surface area contributed by atoms with Crippen molar-refractivity contribution >= 4 is 35.1 Å². The van der Waals surface area contributed by atoms with Gasteiger partial charge in [-0.2, -0.15) is 0 Å². The summed E-state index contributed by atoms with van der Waals surface area (Å²) in [7, 11) is 0. The Kier molecular flexibility index (Phi) is 7.54. The van der Waals surface area contributed by atoms with Crippen molar-refractivity contribution in [2.45, 2.75) is 44.8 Å². The number of anilines is 2. The molecular weight excluding hydrogens is 462 g/mol. The van der Waals surface area contributed by atoms with Crippen molar-refractivity contribution in [3.8, 4) is 0 Å². The van der Waals surface area contributed by atoms with Crippen LogP contribution in [0.25, 0.3) is 0 Å². The van der Waals surface area contributed by atoms with Crippen LogP contribution in [0.2, 0.25) is 0 Å². The van der Waals surface area contributed by atoms with E-state index in [2.05, 4.69) is 10.6 Å². The number of para-hydroxylation sites is 1. The van der Waals surface area contributed by atoms with E-state index in [1.807, 2.05) is 19.9 Å². The van der Waals surface area contributed by atoms with Gasteiger partial charge in [0, 0.05) is 23.5 Å². The Labute approximate surface area is 209 Å². The summed E-state index contributed by atoms with van der Waals surface area (Å²) in [6.45, 7) is 4.15. The summed E-state index contributed by atoms with van der Waals surface area (Å²) in [6, 6.07) is 13.3. The Morgan fingerprint density at radius 2 is 1.78 bits per heavy atom. The summed E-state index contributed by atoms with van der Waals surface area (Å²) in [5, 5.41) is 6.81. The van der Waals surface area contributed by atoms with Gasteiger partial charge in [0.15, 0.2) is 5.78 Å². The van der Waals surface area contributed by atoms with E-state index in [-0.39, 0.29) is 30.1 Å². The first-order valence-corrected chi connectivity index (χ1v) is 12.0. The van der Waals surface area contributed by atoms with Crippen LogP contribution in [0, 0.1) is 5.92 Å². The highest BCUT2D eigenvalue weighted by Crippen LogP contribution is 2.31. The van der Waals surface area contributed by atoms with Crippen LogP contribution < -0.4 is 16.4 Å². The summed E-state index contributed by atoms with van der Waals surface area (Å²) in [5.74, 6) is -0.773. The van der Waals surface area contributed by atoms with Crippen LogP contribution in [-0.4, -0.2) is 64.9 Å². The fraction of sp³-hybridized carbons (Fsp3) is 0.385. The lowest BCUT2D eigenvalue weighted by atomic mass is 10.0. The third-order valence-electron chi connectivity index (χ3n) is 6.36. The summed E-state index contributed by atoms with van der Waals surface area (Å²) < 4.78 is 0. The number of nitrogen functional groups attached to an aromatic ring is 1. The Hall–Kier alpha value is -3.92. The van der Waals surface area contributed by atoms with E-state index in [1.165, 1.54) is 9.96 Å². The van der Waals surface area contributed by atoms with Crippen LogP contribution >= 0.6 is 0 Å². The Morgan fingerprint density at radius 3 is 2.44 bits per heavy atom. The predicted molar refractivity (Wildman–Crippen MR) is 134 cm³/mol. The molecular formula is C26H31N5O5. The molecule has 0 aromatic heterocycles. The molecule has 3 unspecified atom stereocenters. The zero-order chi connectivity index (χ0) is 25.8. The van der Waals surface area contributed by atoms with Gasteiger partial charge in [0.25, 0.3) is 5.91 Å². The van der Waals surface area contributed by atoms with E-state index in [1.54, 1.807) is 48.5 Å². The predicted octanol–water partition coefficient (Wildman–Crippen LogP) is 2.43. The highest BCUT2D eigenvalue weighted by atomic mass is 16.7. The zero-order valence-corrected chi connectivity index (χ0v) is 20.3. The van der Waals surface area contributed by atoms with Crippen LogP contribution in [0.3, 0.4) is 0 Å². The second-order valence-corrected chi connectivity index (χ2v) is 9.52. The molecule has 2 heterocycles. The molecule has 0 radical (unpaired) electrons. The van der Waals surface area contributed by atoms with Crippen molar-refractivity contribution in [1.82, 2.24) is 15.3 Å².